The van der Waals surface area contributed by atoms with E-state index >= 15 is 0 Å². The van der Waals surface area contributed by atoms with E-state index in [0.29, 0.717) is 10.8 Å². The quantitative estimate of drug-likeness (QED) is 0.224. The van der Waals surface area contributed by atoms with Gasteiger partial charge in [0.05, 0.1) is 0 Å². The van der Waals surface area contributed by atoms with Crippen LogP contribution in [0.5, 0.6) is 0 Å². The van der Waals surface area contributed by atoms with E-state index in [1.54, 1.807) is 0 Å². The average molecular weight is 617 g/mol. The second-order valence-corrected chi connectivity index (χ2v) is 14.3. The highest BCUT2D eigenvalue weighted by Gasteiger charge is 2.22. The standard InChI is InChI=1S/C17H20.C9H20.C8H10.C7H16.C4H10/c1-13-5-9-15(10-6-13)17(3,4)16-11-7-14(2)8-12-16;1-5-9(6-2,7-3)8-4;1-7-4-3-5-8(2)6-7;1-5-7(3,4)6-2;1-3-4-2/h5-12H,1-4H3;5-8H2,1-4H3;3-6H,1-2H3;5-6H2,1-4H3;3-4H2,1-2H3. The van der Waals surface area contributed by atoms with Crippen molar-refractivity contribution in [3.8, 4) is 0 Å². The van der Waals surface area contributed by atoms with Crippen LogP contribution in [0.2, 0.25) is 0 Å². The summed E-state index contributed by atoms with van der Waals surface area (Å²) in [7, 11) is 0. The SMILES string of the molecule is CCC(C)(C)CC.CCC(CC)(CC)CC.CCCC.Cc1ccc(C(C)(C)c2ccc(C)cc2)cc1.Cc1cccc(C)c1. The Morgan fingerprint density at radius 3 is 0.867 bits per heavy atom. The molecular formula is C45H76. The third-order valence-electron chi connectivity index (χ3n) is 10.1. The Hall–Kier alpha value is -2.34. The number of rotatable bonds is 9. The molecular weight excluding hydrogens is 540 g/mol. The molecule has 0 aliphatic heterocycles. The number of hydrogen-bond acceptors (Lipinski definition) is 0. The first-order chi connectivity index (χ1) is 21.1. The lowest BCUT2D eigenvalue weighted by molar-refractivity contribution is 0.240. The molecule has 0 N–H and O–H groups in total. The normalized spacial score (nSPS) is 10.9. The smallest absolute Gasteiger partial charge is 0.0146 e. The molecule has 0 atom stereocenters. The molecule has 0 aromatic heterocycles. The third-order valence-corrected chi connectivity index (χ3v) is 10.1. The first-order valence-electron chi connectivity index (χ1n) is 18.2. The zero-order valence-electron chi connectivity index (χ0n) is 33.1. The molecule has 0 aliphatic carbocycles. The van der Waals surface area contributed by atoms with Gasteiger partial charge in [0.15, 0.2) is 0 Å². The second kappa shape index (κ2) is 23.9. The second-order valence-electron chi connectivity index (χ2n) is 14.3. The van der Waals surface area contributed by atoms with Crippen molar-refractivity contribution in [3.05, 3.63) is 106 Å². The minimum absolute atomic E-state index is 0.0708. The van der Waals surface area contributed by atoms with Gasteiger partial charge in [0.1, 0.15) is 0 Å². The van der Waals surface area contributed by atoms with Gasteiger partial charge in [0, 0.05) is 5.41 Å². The van der Waals surface area contributed by atoms with Crippen molar-refractivity contribution in [1.82, 2.24) is 0 Å². The molecule has 3 rings (SSSR count). The molecule has 256 valence electrons. The lowest BCUT2D eigenvalue weighted by Gasteiger charge is -2.28. The summed E-state index contributed by atoms with van der Waals surface area (Å²) >= 11 is 0. The van der Waals surface area contributed by atoms with E-state index in [1.165, 1.54) is 84.7 Å². The van der Waals surface area contributed by atoms with Crippen LogP contribution in [-0.4, -0.2) is 0 Å². The third kappa shape index (κ3) is 19.0. The van der Waals surface area contributed by atoms with Gasteiger partial charge in [-0.2, -0.15) is 0 Å². The molecule has 0 saturated carbocycles. The van der Waals surface area contributed by atoms with Gasteiger partial charge in [-0.1, -0.05) is 230 Å². The Kier molecular flexibility index (Phi) is 23.8. The van der Waals surface area contributed by atoms with Crippen LogP contribution in [-0.2, 0) is 5.41 Å². The fourth-order valence-electron chi connectivity index (χ4n) is 4.66. The van der Waals surface area contributed by atoms with E-state index in [1.807, 2.05) is 0 Å². The lowest BCUT2D eigenvalue weighted by atomic mass is 9.78. The van der Waals surface area contributed by atoms with Crippen LogP contribution in [0.1, 0.15) is 168 Å². The van der Waals surface area contributed by atoms with E-state index in [2.05, 4.69) is 184 Å². The van der Waals surface area contributed by atoms with Crippen LogP contribution in [0.25, 0.3) is 0 Å². The number of unbranched alkanes of at least 4 members (excludes halogenated alkanes) is 1. The van der Waals surface area contributed by atoms with E-state index in [0.717, 1.165) is 0 Å². The van der Waals surface area contributed by atoms with Gasteiger partial charge in [-0.25, -0.2) is 0 Å². The summed E-state index contributed by atoms with van der Waals surface area (Å²) in [6.07, 6.45) is 10.6. The molecule has 0 amide bonds. The molecule has 0 nitrogen and oxygen atoms in total. The van der Waals surface area contributed by atoms with Crippen molar-refractivity contribution < 1.29 is 0 Å². The van der Waals surface area contributed by atoms with Gasteiger partial charge < -0.3 is 0 Å². The maximum Gasteiger partial charge on any atom is 0.0146 e. The van der Waals surface area contributed by atoms with E-state index < -0.39 is 0 Å². The Labute approximate surface area is 283 Å². The Morgan fingerprint density at radius 2 is 0.711 bits per heavy atom. The summed E-state index contributed by atoms with van der Waals surface area (Å²) in [4.78, 5) is 0. The van der Waals surface area contributed by atoms with E-state index in [-0.39, 0.29) is 5.41 Å². The minimum Gasteiger partial charge on any atom is -0.0654 e. The summed E-state index contributed by atoms with van der Waals surface area (Å²) in [5.74, 6) is 0. The van der Waals surface area contributed by atoms with Crippen molar-refractivity contribution in [2.45, 2.75) is 168 Å². The molecule has 45 heavy (non-hydrogen) atoms. The van der Waals surface area contributed by atoms with Gasteiger partial charge in [0.25, 0.3) is 0 Å². The monoisotopic (exact) mass is 617 g/mol. The fraction of sp³-hybridized carbons (Fsp3) is 0.600. The lowest BCUT2D eigenvalue weighted by Crippen LogP contribution is -2.18. The number of hydrogen-bond donors (Lipinski definition) is 0. The van der Waals surface area contributed by atoms with Gasteiger partial charge in [-0.3, -0.25) is 0 Å². The Balaban J connectivity index is 0. The summed E-state index contributed by atoms with van der Waals surface area (Å²) in [6.45, 7) is 35.7. The van der Waals surface area contributed by atoms with Crippen LogP contribution in [0.15, 0.2) is 72.8 Å². The highest BCUT2D eigenvalue weighted by atomic mass is 14.3. The predicted octanol–water partition coefficient (Wildman–Crippen LogP) is 15.2. The molecule has 0 spiro atoms. The van der Waals surface area contributed by atoms with E-state index in [9.17, 15) is 0 Å². The summed E-state index contributed by atoms with van der Waals surface area (Å²) in [5.41, 5.74) is 9.36. The maximum absolute atomic E-state index is 2.30. The first kappa shape index (κ1) is 44.8. The molecule has 0 aliphatic rings. The Bertz CT molecular complexity index is 1000. The van der Waals surface area contributed by atoms with Crippen molar-refractivity contribution in [3.63, 3.8) is 0 Å². The molecule has 0 radical (unpaired) electrons. The predicted molar refractivity (Wildman–Crippen MR) is 209 cm³/mol. The number of benzene rings is 3. The van der Waals surface area contributed by atoms with Gasteiger partial charge in [-0.05, 0) is 49.7 Å². The molecule has 0 bridgehead atoms. The molecule has 3 aromatic carbocycles. The van der Waals surface area contributed by atoms with Crippen LogP contribution < -0.4 is 0 Å². The topological polar surface area (TPSA) is 0 Å². The van der Waals surface area contributed by atoms with Gasteiger partial charge in [0.2, 0.25) is 0 Å². The molecule has 0 saturated heterocycles. The molecule has 3 aromatic rings. The maximum atomic E-state index is 2.30. The van der Waals surface area contributed by atoms with Crippen LogP contribution in [0.3, 0.4) is 0 Å². The summed E-state index contributed by atoms with van der Waals surface area (Å²) < 4.78 is 0. The minimum atomic E-state index is 0.0708. The van der Waals surface area contributed by atoms with Crippen molar-refractivity contribution >= 4 is 0 Å². The molecule has 0 unspecified atom stereocenters. The fourth-order valence-corrected chi connectivity index (χ4v) is 4.66. The van der Waals surface area contributed by atoms with Gasteiger partial charge in [-0.15, -0.1) is 0 Å². The van der Waals surface area contributed by atoms with Crippen LogP contribution in [0.4, 0.5) is 0 Å². The average Bonchev–Trinajstić information content (AvgIpc) is 3.04. The zero-order chi connectivity index (χ0) is 35.1. The Morgan fingerprint density at radius 1 is 0.400 bits per heavy atom. The molecule has 0 fully saturated rings. The largest absolute Gasteiger partial charge is 0.0654 e. The first-order valence-corrected chi connectivity index (χ1v) is 18.2. The summed E-state index contributed by atoms with van der Waals surface area (Å²) in [5, 5.41) is 0. The highest BCUT2D eigenvalue weighted by molar-refractivity contribution is 5.39. The van der Waals surface area contributed by atoms with Crippen molar-refractivity contribution in [1.29, 1.82) is 0 Å². The highest BCUT2D eigenvalue weighted by Crippen LogP contribution is 2.33. The number of aryl methyl sites for hydroxylation is 4. The zero-order valence-corrected chi connectivity index (χ0v) is 33.1. The molecule has 0 heteroatoms. The van der Waals surface area contributed by atoms with Crippen molar-refractivity contribution in [2.24, 2.45) is 10.8 Å². The summed E-state index contributed by atoms with van der Waals surface area (Å²) in [6, 6.07) is 26.1. The van der Waals surface area contributed by atoms with Crippen LogP contribution in [0, 0.1) is 38.5 Å². The van der Waals surface area contributed by atoms with Crippen molar-refractivity contribution in [2.75, 3.05) is 0 Å². The van der Waals surface area contributed by atoms with Crippen LogP contribution >= 0.6 is 0 Å². The van der Waals surface area contributed by atoms with E-state index in [4.69, 9.17) is 0 Å². The molecule has 0 heterocycles. The van der Waals surface area contributed by atoms with Gasteiger partial charge >= 0.3 is 0 Å².